The van der Waals surface area contributed by atoms with Gasteiger partial charge in [0.1, 0.15) is 5.56 Å². The lowest BCUT2D eigenvalue weighted by Gasteiger charge is -2.17. The van der Waals surface area contributed by atoms with Crippen molar-refractivity contribution in [3.05, 3.63) is 48.0 Å². The maximum atomic E-state index is 12.7. The number of ether oxygens (including phenoxy) is 3. The van der Waals surface area contributed by atoms with Crippen molar-refractivity contribution in [1.82, 2.24) is 0 Å². The third-order valence-electron chi connectivity index (χ3n) is 3.71. The van der Waals surface area contributed by atoms with Crippen LogP contribution < -0.4 is 19.9 Å². The molecule has 1 unspecified atom stereocenters. The Morgan fingerprint density at radius 1 is 1.13 bits per heavy atom. The Bertz CT molecular complexity index is 1040. The van der Waals surface area contributed by atoms with Crippen molar-refractivity contribution >= 4 is 27.6 Å². The molecule has 0 fully saturated rings. The van der Waals surface area contributed by atoms with Gasteiger partial charge in [-0.05, 0) is 37.3 Å². The van der Waals surface area contributed by atoms with Crippen LogP contribution in [0.25, 0.3) is 0 Å². The average molecular weight is 444 g/mol. The molecular formula is C18H18F2N2O7S. The number of amides is 1. The Balaban J connectivity index is 2.15. The van der Waals surface area contributed by atoms with E-state index in [1.807, 2.05) is 0 Å². The molecule has 162 valence electrons. The molecule has 2 aromatic rings. The van der Waals surface area contributed by atoms with Crippen molar-refractivity contribution in [2.45, 2.75) is 24.5 Å². The van der Waals surface area contributed by atoms with Gasteiger partial charge in [-0.1, -0.05) is 12.1 Å². The molecule has 9 nitrogen and oxygen atoms in total. The van der Waals surface area contributed by atoms with Crippen LogP contribution in [0.4, 0.5) is 14.5 Å². The van der Waals surface area contributed by atoms with E-state index in [-0.39, 0.29) is 21.9 Å². The van der Waals surface area contributed by atoms with Gasteiger partial charge in [-0.25, -0.2) is 18.4 Å². The number of hydrogen-bond acceptors (Lipinski definition) is 7. The molecule has 1 atom stereocenters. The van der Waals surface area contributed by atoms with E-state index in [0.29, 0.717) is 0 Å². The van der Waals surface area contributed by atoms with Gasteiger partial charge < -0.3 is 19.5 Å². The summed E-state index contributed by atoms with van der Waals surface area (Å²) in [4.78, 5) is 24.4. The zero-order valence-corrected chi connectivity index (χ0v) is 16.6. The lowest BCUT2D eigenvalue weighted by Crippen LogP contribution is -2.30. The first-order valence-electron chi connectivity index (χ1n) is 8.29. The zero-order chi connectivity index (χ0) is 22.5. The fourth-order valence-electron chi connectivity index (χ4n) is 2.32. The molecule has 0 aliphatic carbocycles. The number of alkyl halides is 2. The van der Waals surface area contributed by atoms with Gasteiger partial charge in [-0.15, -0.1) is 0 Å². The van der Waals surface area contributed by atoms with Crippen LogP contribution in [-0.4, -0.2) is 40.1 Å². The maximum Gasteiger partial charge on any atom is 0.387 e. The molecule has 0 aliphatic heterocycles. The summed E-state index contributed by atoms with van der Waals surface area (Å²) in [6, 6.07) is 8.96. The summed E-state index contributed by atoms with van der Waals surface area (Å²) in [6.07, 6.45) is -1.36. The van der Waals surface area contributed by atoms with E-state index >= 15 is 0 Å². The second-order valence-corrected chi connectivity index (χ2v) is 7.39. The van der Waals surface area contributed by atoms with Crippen LogP contribution in [0.15, 0.2) is 47.4 Å². The Hall–Kier alpha value is -3.25. The molecular weight excluding hydrogens is 426 g/mol. The fraction of sp³-hybridized carbons (Fsp3) is 0.222. The van der Waals surface area contributed by atoms with Crippen LogP contribution in [0.1, 0.15) is 17.3 Å². The minimum atomic E-state index is -3.98. The van der Waals surface area contributed by atoms with Gasteiger partial charge >= 0.3 is 12.6 Å². The number of nitrogens with one attached hydrogen (secondary N) is 1. The van der Waals surface area contributed by atoms with Gasteiger partial charge in [0.2, 0.25) is 10.0 Å². The summed E-state index contributed by atoms with van der Waals surface area (Å²) < 4.78 is 62.4. The Labute approximate surface area is 170 Å². The molecule has 0 heterocycles. The third-order valence-corrected chi connectivity index (χ3v) is 4.62. The molecule has 2 rings (SSSR count). The smallest absolute Gasteiger partial charge is 0.387 e. The first-order chi connectivity index (χ1) is 14.0. The quantitative estimate of drug-likeness (QED) is 0.596. The molecule has 0 radical (unpaired) electrons. The predicted octanol–water partition coefficient (Wildman–Crippen LogP) is 2.13. The topological polar surface area (TPSA) is 134 Å². The van der Waals surface area contributed by atoms with Crippen LogP contribution in [0, 0.1) is 0 Å². The minimum absolute atomic E-state index is 0.0949. The molecule has 0 aromatic heterocycles. The average Bonchev–Trinajstić information content (AvgIpc) is 2.67. The summed E-state index contributed by atoms with van der Waals surface area (Å²) in [6.45, 7) is -1.98. The van der Waals surface area contributed by atoms with E-state index in [9.17, 15) is 26.8 Å². The molecule has 0 spiro atoms. The molecule has 0 aliphatic rings. The van der Waals surface area contributed by atoms with Gasteiger partial charge in [0.15, 0.2) is 17.6 Å². The van der Waals surface area contributed by atoms with Crippen LogP contribution in [0.2, 0.25) is 0 Å². The number of hydrogen-bond donors (Lipinski definition) is 2. The van der Waals surface area contributed by atoms with E-state index in [2.05, 4.69) is 10.1 Å². The van der Waals surface area contributed by atoms with Gasteiger partial charge in [0.05, 0.1) is 12.0 Å². The molecule has 30 heavy (non-hydrogen) atoms. The highest BCUT2D eigenvalue weighted by Crippen LogP contribution is 2.33. The van der Waals surface area contributed by atoms with E-state index in [0.717, 1.165) is 6.07 Å². The summed E-state index contributed by atoms with van der Waals surface area (Å²) in [5.41, 5.74) is -0.275. The van der Waals surface area contributed by atoms with Crippen molar-refractivity contribution in [2.75, 3.05) is 12.4 Å². The summed E-state index contributed by atoms with van der Waals surface area (Å²) in [5.74, 6) is -2.56. The number of rotatable bonds is 8. The number of sulfonamides is 1. The molecule has 0 saturated carbocycles. The lowest BCUT2D eigenvalue weighted by atomic mass is 10.2. The van der Waals surface area contributed by atoms with E-state index < -0.39 is 40.4 Å². The SMILES string of the molecule is COc1cccc(C(=O)OC(C)C(=O)Nc2cccc(S(N)(=O)=O)c2)c1OC(F)F. The third kappa shape index (κ3) is 5.87. The number of nitrogens with two attached hydrogens (primary N) is 1. The number of esters is 1. The van der Waals surface area contributed by atoms with E-state index in [4.69, 9.17) is 14.6 Å². The number of anilines is 1. The number of carbonyl (C=O) groups excluding carboxylic acids is 2. The summed E-state index contributed by atoms with van der Waals surface area (Å²) >= 11 is 0. The van der Waals surface area contributed by atoms with Crippen molar-refractivity contribution in [3.63, 3.8) is 0 Å². The number of para-hydroxylation sites is 1. The zero-order valence-electron chi connectivity index (χ0n) is 15.8. The van der Waals surface area contributed by atoms with Crippen molar-refractivity contribution < 1.29 is 41.0 Å². The molecule has 0 saturated heterocycles. The van der Waals surface area contributed by atoms with Crippen LogP contribution in [0.5, 0.6) is 11.5 Å². The minimum Gasteiger partial charge on any atom is -0.493 e. The molecule has 0 bridgehead atoms. The normalized spacial score (nSPS) is 12.2. The first kappa shape index (κ1) is 23.0. The molecule has 3 N–H and O–H groups in total. The Morgan fingerprint density at radius 3 is 2.40 bits per heavy atom. The number of benzene rings is 2. The van der Waals surface area contributed by atoms with E-state index in [1.165, 1.54) is 50.4 Å². The Kier molecular flexibility index (Phi) is 7.29. The standard InChI is InChI=1S/C18H18F2N2O7S/c1-10(16(23)22-11-5-3-6-12(9-11)30(21,25)26)28-17(24)13-7-4-8-14(27-2)15(13)29-18(19)20/h3-10,18H,1-2H3,(H,22,23)(H2,21,25,26). The van der Waals surface area contributed by atoms with Crippen molar-refractivity contribution in [3.8, 4) is 11.5 Å². The van der Waals surface area contributed by atoms with Crippen LogP contribution >= 0.6 is 0 Å². The highest BCUT2D eigenvalue weighted by Gasteiger charge is 2.25. The number of methoxy groups -OCH3 is 1. The molecule has 12 heteroatoms. The largest absolute Gasteiger partial charge is 0.493 e. The van der Waals surface area contributed by atoms with Gasteiger partial charge in [-0.2, -0.15) is 8.78 Å². The Morgan fingerprint density at radius 2 is 1.80 bits per heavy atom. The van der Waals surface area contributed by atoms with Crippen molar-refractivity contribution in [1.29, 1.82) is 0 Å². The number of primary sulfonamides is 1. The highest BCUT2D eigenvalue weighted by molar-refractivity contribution is 7.89. The number of halogens is 2. The number of carbonyl (C=O) groups is 2. The second-order valence-electron chi connectivity index (χ2n) is 5.83. The monoisotopic (exact) mass is 444 g/mol. The van der Waals surface area contributed by atoms with Gasteiger partial charge in [-0.3, -0.25) is 4.79 Å². The fourth-order valence-corrected chi connectivity index (χ4v) is 2.88. The molecule has 2 aromatic carbocycles. The van der Waals surface area contributed by atoms with Crippen molar-refractivity contribution in [2.24, 2.45) is 5.14 Å². The maximum absolute atomic E-state index is 12.7. The van der Waals surface area contributed by atoms with Gasteiger partial charge in [0.25, 0.3) is 5.91 Å². The van der Waals surface area contributed by atoms with Crippen LogP contribution in [-0.2, 0) is 19.6 Å². The molecule has 1 amide bonds. The van der Waals surface area contributed by atoms with Gasteiger partial charge in [0, 0.05) is 5.69 Å². The second kappa shape index (κ2) is 9.50. The lowest BCUT2D eigenvalue weighted by molar-refractivity contribution is -0.123. The van der Waals surface area contributed by atoms with E-state index in [1.54, 1.807) is 0 Å². The summed E-state index contributed by atoms with van der Waals surface area (Å²) in [7, 11) is -2.78. The first-order valence-corrected chi connectivity index (χ1v) is 9.84. The van der Waals surface area contributed by atoms with Crippen LogP contribution in [0.3, 0.4) is 0 Å². The highest BCUT2D eigenvalue weighted by atomic mass is 32.2. The summed E-state index contributed by atoms with van der Waals surface area (Å²) in [5, 5.41) is 7.40. The predicted molar refractivity (Wildman–Crippen MR) is 101 cm³/mol.